The van der Waals surface area contributed by atoms with E-state index in [9.17, 15) is 0 Å². The third-order valence-corrected chi connectivity index (χ3v) is 3.70. The molecular weight excluding hydrogens is 258 g/mol. The minimum Gasteiger partial charge on any atom is -0.344 e. The Morgan fingerprint density at radius 3 is 2.33 bits per heavy atom. The summed E-state index contributed by atoms with van der Waals surface area (Å²) in [5.41, 5.74) is 0.00532. The first kappa shape index (κ1) is 18.1. The monoisotopic (exact) mass is 293 g/mol. The maximum Gasteiger partial charge on any atom is 0.196 e. The second kappa shape index (κ2) is 9.11. The van der Waals surface area contributed by atoms with Crippen LogP contribution in [0.1, 0.15) is 66.2 Å². The molecule has 0 unspecified atom stereocenters. The van der Waals surface area contributed by atoms with Crippen LogP contribution in [-0.4, -0.2) is 48.0 Å². The Hall–Kier alpha value is -0.990. The standard InChI is InChI=1S/C18H35N3/c1-6-7-8-9-10-11-12-13-14-21-16-15-20(5)17(21)19-18(2,3)4/h10-11H,6-9,12-16H2,1-5H3/b11-10+,19-17?. The van der Waals surface area contributed by atoms with Crippen LogP contribution in [0.25, 0.3) is 0 Å². The van der Waals surface area contributed by atoms with Crippen molar-refractivity contribution >= 4 is 5.96 Å². The summed E-state index contributed by atoms with van der Waals surface area (Å²) in [7, 11) is 2.15. The molecule has 21 heavy (non-hydrogen) atoms. The van der Waals surface area contributed by atoms with Gasteiger partial charge in [-0.15, -0.1) is 0 Å². The first-order valence-corrected chi connectivity index (χ1v) is 8.65. The highest BCUT2D eigenvalue weighted by atomic mass is 15.4. The van der Waals surface area contributed by atoms with Gasteiger partial charge in [-0.1, -0.05) is 31.9 Å². The van der Waals surface area contributed by atoms with E-state index >= 15 is 0 Å². The molecule has 0 N–H and O–H groups in total. The normalized spacial score (nSPS) is 18.4. The zero-order valence-corrected chi connectivity index (χ0v) is 14.9. The van der Waals surface area contributed by atoms with Crippen molar-refractivity contribution in [3.05, 3.63) is 12.2 Å². The van der Waals surface area contributed by atoms with Crippen LogP contribution in [0.5, 0.6) is 0 Å². The summed E-state index contributed by atoms with van der Waals surface area (Å²) in [5.74, 6) is 1.18. The molecule has 122 valence electrons. The van der Waals surface area contributed by atoms with Crippen LogP contribution in [0.2, 0.25) is 0 Å². The van der Waals surface area contributed by atoms with Crippen molar-refractivity contribution in [2.24, 2.45) is 4.99 Å². The maximum atomic E-state index is 4.87. The lowest BCUT2D eigenvalue weighted by molar-refractivity contribution is 0.441. The Kier molecular flexibility index (Phi) is 7.84. The molecule has 1 aliphatic rings. The molecule has 0 atom stereocenters. The molecule has 3 heteroatoms. The number of allylic oxidation sites excluding steroid dienone is 2. The topological polar surface area (TPSA) is 18.8 Å². The summed E-state index contributed by atoms with van der Waals surface area (Å²) in [5, 5.41) is 0. The molecule has 0 spiro atoms. The van der Waals surface area contributed by atoms with Crippen molar-refractivity contribution in [2.75, 3.05) is 26.7 Å². The van der Waals surface area contributed by atoms with Crippen molar-refractivity contribution in [1.82, 2.24) is 9.80 Å². The number of nitrogens with zero attached hydrogens (tertiary/aromatic N) is 3. The van der Waals surface area contributed by atoms with Gasteiger partial charge >= 0.3 is 0 Å². The van der Waals surface area contributed by atoms with Gasteiger partial charge in [0.2, 0.25) is 0 Å². The molecule has 1 saturated heterocycles. The average molecular weight is 293 g/mol. The zero-order chi connectivity index (χ0) is 15.7. The van der Waals surface area contributed by atoms with Gasteiger partial charge < -0.3 is 9.80 Å². The molecule has 0 aromatic carbocycles. The molecule has 0 amide bonds. The maximum absolute atomic E-state index is 4.87. The van der Waals surface area contributed by atoms with E-state index in [-0.39, 0.29) is 5.54 Å². The van der Waals surface area contributed by atoms with E-state index in [1.54, 1.807) is 0 Å². The number of unbranched alkanes of at least 4 members (excludes halogenated alkanes) is 4. The number of guanidine groups is 1. The number of likely N-dealkylation sites (N-methyl/N-ethyl adjacent to an activating group) is 1. The lowest BCUT2D eigenvalue weighted by Gasteiger charge is -2.24. The highest BCUT2D eigenvalue weighted by Gasteiger charge is 2.24. The molecule has 0 aromatic heterocycles. The zero-order valence-electron chi connectivity index (χ0n) is 14.9. The number of hydrogen-bond acceptors (Lipinski definition) is 1. The van der Waals surface area contributed by atoms with Crippen molar-refractivity contribution in [1.29, 1.82) is 0 Å². The van der Waals surface area contributed by atoms with Gasteiger partial charge in [-0.3, -0.25) is 0 Å². The summed E-state index contributed by atoms with van der Waals surface area (Å²) >= 11 is 0. The van der Waals surface area contributed by atoms with Gasteiger partial charge in [-0.05, 0) is 46.5 Å². The smallest absolute Gasteiger partial charge is 0.196 e. The van der Waals surface area contributed by atoms with Crippen LogP contribution < -0.4 is 0 Å². The molecule has 0 bridgehead atoms. The third kappa shape index (κ3) is 7.54. The molecule has 1 rings (SSSR count). The van der Waals surface area contributed by atoms with Crippen LogP contribution >= 0.6 is 0 Å². The minimum atomic E-state index is 0.00532. The van der Waals surface area contributed by atoms with E-state index in [4.69, 9.17) is 4.99 Å². The lowest BCUT2D eigenvalue weighted by Crippen LogP contribution is -2.34. The Labute approximate surface area is 132 Å². The summed E-state index contributed by atoms with van der Waals surface area (Å²) in [6, 6.07) is 0. The van der Waals surface area contributed by atoms with Crippen LogP contribution in [0, 0.1) is 0 Å². The van der Waals surface area contributed by atoms with Crippen molar-refractivity contribution in [2.45, 2.75) is 71.8 Å². The predicted octanol–water partition coefficient (Wildman–Crippen LogP) is 4.31. The van der Waals surface area contributed by atoms with E-state index in [0.717, 1.165) is 19.6 Å². The molecule has 0 radical (unpaired) electrons. The van der Waals surface area contributed by atoms with E-state index in [1.807, 2.05) is 0 Å². The SMILES string of the molecule is CCCCC/C=C/CCCN1CCN(C)C1=NC(C)(C)C. The molecular formula is C18H35N3. The first-order chi connectivity index (χ1) is 9.94. The van der Waals surface area contributed by atoms with Gasteiger partial charge in [-0.25, -0.2) is 4.99 Å². The van der Waals surface area contributed by atoms with Crippen LogP contribution in [0.15, 0.2) is 17.1 Å². The lowest BCUT2D eigenvalue weighted by atomic mass is 10.1. The van der Waals surface area contributed by atoms with E-state index < -0.39 is 0 Å². The largest absolute Gasteiger partial charge is 0.344 e. The second-order valence-corrected chi connectivity index (χ2v) is 7.10. The summed E-state index contributed by atoms with van der Waals surface area (Å²) in [6.45, 7) is 12.1. The number of hydrogen-bond donors (Lipinski definition) is 0. The summed E-state index contributed by atoms with van der Waals surface area (Å²) < 4.78 is 0. The van der Waals surface area contributed by atoms with Crippen molar-refractivity contribution in [3.8, 4) is 0 Å². The first-order valence-electron chi connectivity index (χ1n) is 8.65. The highest BCUT2D eigenvalue weighted by Crippen LogP contribution is 2.14. The Morgan fingerprint density at radius 1 is 1.05 bits per heavy atom. The van der Waals surface area contributed by atoms with Gasteiger partial charge in [0.05, 0.1) is 5.54 Å². The second-order valence-electron chi connectivity index (χ2n) is 7.10. The van der Waals surface area contributed by atoms with Gasteiger partial charge in [0.15, 0.2) is 5.96 Å². The van der Waals surface area contributed by atoms with Crippen molar-refractivity contribution < 1.29 is 0 Å². The van der Waals surface area contributed by atoms with Gasteiger partial charge in [-0.2, -0.15) is 0 Å². The molecule has 0 aromatic rings. The van der Waals surface area contributed by atoms with Crippen LogP contribution in [0.3, 0.4) is 0 Å². The molecule has 3 nitrogen and oxygen atoms in total. The van der Waals surface area contributed by atoms with Crippen molar-refractivity contribution in [3.63, 3.8) is 0 Å². The molecule has 1 aliphatic heterocycles. The minimum absolute atomic E-state index is 0.00532. The number of rotatable bonds is 8. The van der Waals surface area contributed by atoms with Crippen LogP contribution in [-0.2, 0) is 0 Å². The van der Waals surface area contributed by atoms with Gasteiger partial charge in [0.1, 0.15) is 0 Å². The fourth-order valence-corrected chi connectivity index (χ4v) is 2.53. The third-order valence-electron chi connectivity index (χ3n) is 3.70. The van der Waals surface area contributed by atoms with Crippen LogP contribution in [0.4, 0.5) is 0 Å². The summed E-state index contributed by atoms with van der Waals surface area (Å²) in [6.07, 6.45) is 12.4. The Balaban J connectivity index is 2.29. The highest BCUT2D eigenvalue weighted by molar-refractivity contribution is 5.82. The average Bonchev–Trinajstić information content (AvgIpc) is 2.73. The quantitative estimate of drug-likeness (QED) is 0.491. The summed E-state index contributed by atoms with van der Waals surface area (Å²) in [4.78, 5) is 9.59. The molecule has 0 saturated carbocycles. The predicted molar refractivity (Wildman–Crippen MR) is 93.9 cm³/mol. The van der Waals surface area contributed by atoms with E-state index in [2.05, 4.69) is 56.7 Å². The molecule has 0 aliphatic carbocycles. The Bertz CT molecular complexity index is 339. The van der Waals surface area contributed by atoms with Gasteiger partial charge in [0, 0.05) is 26.7 Å². The number of aliphatic imine (C=N–C) groups is 1. The van der Waals surface area contributed by atoms with E-state index in [0.29, 0.717) is 0 Å². The Morgan fingerprint density at radius 2 is 1.71 bits per heavy atom. The van der Waals surface area contributed by atoms with Gasteiger partial charge in [0.25, 0.3) is 0 Å². The molecule has 1 fully saturated rings. The fourth-order valence-electron chi connectivity index (χ4n) is 2.53. The molecule has 1 heterocycles. The fraction of sp³-hybridized carbons (Fsp3) is 0.833. The van der Waals surface area contributed by atoms with E-state index in [1.165, 1.54) is 44.5 Å².